The maximum atomic E-state index is 3.38. The molecule has 0 aliphatic carbocycles. The van der Waals surface area contributed by atoms with Crippen molar-refractivity contribution >= 4 is 0 Å². The van der Waals surface area contributed by atoms with Crippen LogP contribution < -0.4 is 5.32 Å². The number of unbranched alkanes of at least 4 members (excludes halogenated alkanes) is 1. The van der Waals surface area contributed by atoms with Gasteiger partial charge in [-0.05, 0) is 18.9 Å². The fourth-order valence-corrected chi connectivity index (χ4v) is 1.82. The summed E-state index contributed by atoms with van der Waals surface area (Å²) in [6, 6.07) is 0. The molecule has 1 aliphatic rings. The van der Waals surface area contributed by atoms with E-state index in [-0.39, 0.29) is 0 Å². The summed E-state index contributed by atoms with van der Waals surface area (Å²) in [6.45, 7) is 10.8. The van der Waals surface area contributed by atoms with Gasteiger partial charge in [0.05, 0.1) is 0 Å². The van der Waals surface area contributed by atoms with E-state index < -0.39 is 0 Å². The summed E-state index contributed by atoms with van der Waals surface area (Å²) in [7, 11) is 0. The van der Waals surface area contributed by atoms with Gasteiger partial charge < -0.3 is 10.2 Å². The molecule has 0 radical (unpaired) electrons. The molecule has 0 amide bonds. The molecule has 1 saturated heterocycles. The van der Waals surface area contributed by atoms with Crippen molar-refractivity contribution in [2.24, 2.45) is 5.92 Å². The van der Waals surface area contributed by atoms with Gasteiger partial charge in [-0.25, -0.2) is 0 Å². The van der Waals surface area contributed by atoms with Gasteiger partial charge in [-0.2, -0.15) is 0 Å². The van der Waals surface area contributed by atoms with Crippen LogP contribution in [0.25, 0.3) is 0 Å². The van der Waals surface area contributed by atoms with Gasteiger partial charge in [-0.3, -0.25) is 0 Å². The van der Waals surface area contributed by atoms with E-state index in [2.05, 4.69) is 24.1 Å². The Morgan fingerprint density at radius 2 is 1.85 bits per heavy atom. The Labute approximate surface area is 82.7 Å². The molecular formula is C11H24N2. The molecule has 13 heavy (non-hydrogen) atoms. The van der Waals surface area contributed by atoms with Crippen LogP contribution in [-0.4, -0.2) is 37.6 Å². The predicted molar refractivity (Wildman–Crippen MR) is 58.0 cm³/mol. The molecule has 0 aromatic rings. The van der Waals surface area contributed by atoms with E-state index in [1.54, 1.807) is 0 Å². The summed E-state index contributed by atoms with van der Waals surface area (Å²) in [5.41, 5.74) is 0. The van der Waals surface area contributed by atoms with Gasteiger partial charge in [0.1, 0.15) is 0 Å². The number of hydrogen-bond acceptors (Lipinski definition) is 2. The molecular weight excluding hydrogens is 160 g/mol. The van der Waals surface area contributed by atoms with Gasteiger partial charge in [-0.15, -0.1) is 0 Å². The Bertz CT molecular complexity index is 117. The molecule has 1 rings (SSSR count). The predicted octanol–water partition coefficient (Wildman–Crippen LogP) is 1.72. The SMILES string of the molecule is CC(C)CCCCN1CCNCC1. The largest absolute Gasteiger partial charge is 0.314 e. The van der Waals surface area contributed by atoms with Crippen LogP contribution in [0, 0.1) is 5.92 Å². The first-order valence-corrected chi connectivity index (χ1v) is 5.72. The molecule has 1 N–H and O–H groups in total. The van der Waals surface area contributed by atoms with E-state index in [1.165, 1.54) is 52.0 Å². The van der Waals surface area contributed by atoms with E-state index in [0.717, 1.165) is 5.92 Å². The van der Waals surface area contributed by atoms with E-state index in [1.807, 2.05) is 0 Å². The van der Waals surface area contributed by atoms with Gasteiger partial charge in [0.25, 0.3) is 0 Å². The van der Waals surface area contributed by atoms with Gasteiger partial charge in [0.15, 0.2) is 0 Å². The van der Waals surface area contributed by atoms with Crippen LogP contribution >= 0.6 is 0 Å². The molecule has 0 aromatic heterocycles. The monoisotopic (exact) mass is 184 g/mol. The third-order valence-electron chi connectivity index (χ3n) is 2.72. The first kappa shape index (κ1) is 11.0. The molecule has 0 unspecified atom stereocenters. The fraction of sp³-hybridized carbons (Fsp3) is 1.00. The molecule has 2 nitrogen and oxygen atoms in total. The lowest BCUT2D eigenvalue weighted by molar-refractivity contribution is 0.235. The Morgan fingerprint density at radius 3 is 2.46 bits per heavy atom. The summed E-state index contributed by atoms with van der Waals surface area (Å²) >= 11 is 0. The van der Waals surface area contributed by atoms with Crippen LogP contribution in [0.2, 0.25) is 0 Å². The third kappa shape index (κ3) is 5.27. The minimum Gasteiger partial charge on any atom is -0.314 e. The standard InChI is InChI=1S/C11H24N2/c1-11(2)5-3-4-8-13-9-6-12-7-10-13/h11-12H,3-10H2,1-2H3. The van der Waals surface area contributed by atoms with Crippen molar-refractivity contribution < 1.29 is 0 Å². The maximum Gasteiger partial charge on any atom is 0.0107 e. The lowest BCUT2D eigenvalue weighted by Gasteiger charge is -2.27. The van der Waals surface area contributed by atoms with Crippen molar-refractivity contribution in [2.75, 3.05) is 32.7 Å². The van der Waals surface area contributed by atoms with Gasteiger partial charge in [0.2, 0.25) is 0 Å². The number of piperazine rings is 1. The number of nitrogens with zero attached hydrogens (tertiary/aromatic N) is 1. The summed E-state index contributed by atoms with van der Waals surface area (Å²) in [4.78, 5) is 2.58. The highest BCUT2D eigenvalue weighted by Crippen LogP contribution is 2.07. The molecule has 0 spiro atoms. The quantitative estimate of drug-likeness (QED) is 0.654. The van der Waals surface area contributed by atoms with Crippen LogP contribution in [0.15, 0.2) is 0 Å². The number of hydrogen-bond donors (Lipinski definition) is 1. The van der Waals surface area contributed by atoms with Crippen molar-refractivity contribution in [3.8, 4) is 0 Å². The van der Waals surface area contributed by atoms with Crippen molar-refractivity contribution in [3.05, 3.63) is 0 Å². The first-order chi connectivity index (χ1) is 6.29. The van der Waals surface area contributed by atoms with Crippen LogP contribution in [0.5, 0.6) is 0 Å². The lowest BCUT2D eigenvalue weighted by atomic mass is 10.1. The second kappa shape index (κ2) is 6.39. The first-order valence-electron chi connectivity index (χ1n) is 5.72. The maximum absolute atomic E-state index is 3.38. The molecule has 1 aliphatic heterocycles. The van der Waals surface area contributed by atoms with Crippen molar-refractivity contribution in [2.45, 2.75) is 33.1 Å². The average Bonchev–Trinajstić information content (AvgIpc) is 2.14. The topological polar surface area (TPSA) is 15.3 Å². The Kier molecular flexibility index (Phi) is 5.40. The molecule has 1 heterocycles. The second-order valence-electron chi connectivity index (χ2n) is 4.48. The highest BCUT2D eigenvalue weighted by atomic mass is 15.2. The normalized spacial score (nSPS) is 19.6. The summed E-state index contributed by atoms with van der Waals surface area (Å²) < 4.78 is 0. The molecule has 1 fully saturated rings. The highest BCUT2D eigenvalue weighted by molar-refractivity contribution is 4.67. The van der Waals surface area contributed by atoms with Gasteiger partial charge >= 0.3 is 0 Å². The van der Waals surface area contributed by atoms with Gasteiger partial charge in [-0.1, -0.05) is 26.7 Å². The Hall–Kier alpha value is -0.0800. The summed E-state index contributed by atoms with van der Waals surface area (Å²) in [5.74, 6) is 0.878. The lowest BCUT2D eigenvalue weighted by Crippen LogP contribution is -2.43. The Balaban J connectivity index is 1.92. The van der Waals surface area contributed by atoms with E-state index in [0.29, 0.717) is 0 Å². The van der Waals surface area contributed by atoms with Crippen molar-refractivity contribution in [3.63, 3.8) is 0 Å². The zero-order valence-electron chi connectivity index (χ0n) is 9.18. The smallest absolute Gasteiger partial charge is 0.0107 e. The summed E-state index contributed by atoms with van der Waals surface area (Å²) in [6.07, 6.45) is 4.19. The summed E-state index contributed by atoms with van der Waals surface area (Å²) in [5, 5.41) is 3.38. The van der Waals surface area contributed by atoms with E-state index in [4.69, 9.17) is 0 Å². The van der Waals surface area contributed by atoms with Crippen LogP contribution in [0.3, 0.4) is 0 Å². The molecule has 2 heteroatoms. The Morgan fingerprint density at radius 1 is 1.15 bits per heavy atom. The minimum absolute atomic E-state index is 0.878. The highest BCUT2D eigenvalue weighted by Gasteiger charge is 2.07. The molecule has 78 valence electrons. The van der Waals surface area contributed by atoms with Gasteiger partial charge in [0, 0.05) is 26.2 Å². The minimum atomic E-state index is 0.878. The molecule has 0 saturated carbocycles. The molecule has 0 bridgehead atoms. The van der Waals surface area contributed by atoms with Crippen LogP contribution in [-0.2, 0) is 0 Å². The van der Waals surface area contributed by atoms with Crippen LogP contribution in [0.4, 0.5) is 0 Å². The average molecular weight is 184 g/mol. The fourth-order valence-electron chi connectivity index (χ4n) is 1.82. The molecule has 0 aromatic carbocycles. The third-order valence-corrected chi connectivity index (χ3v) is 2.72. The molecule has 0 atom stereocenters. The second-order valence-corrected chi connectivity index (χ2v) is 4.48. The number of rotatable bonds is 5. The zero-order chi connectivity index (χ0) is 9.52. The van der Waals surface area contributed by atoms with Crippen molar-refractivity contribution in [1.29, 1.82) is 0 Å². The number of nitrogens with one attached hydrogen (secondary N) is 1. The van der Waals surface area contributed by atoms with Crippen LogP contribution in [0.1, 0.15) is 33.1 Å². The van der Waals surface area contributed by atoms with E-state index in [9.17, 15) is 0 Å². The zero-order valence-corrected chi connectivity index (χ0v) is 9.18. The van der Waals surface area contributed by atoms with E-state index >= 15 is 0 Å². The van der Waals surface area contributed by atoms with Crippen molar-refractivity contribution in [1.82, 2.24) is 10.2 Å².